The van der Waals surface area contributed by atoms with Crippen molar-refractivity contribution in [3.63, 3.8) is 0 Å². The zero-order valence-electron chi connectivity index (χ0n) is 14.6. The molecule has 0 saturated heterocycles. The van der Waals surface area contributed by atoms with Crippen molar-refractivity contribution >= 4 is 44.2 Å². The van der Waals surface area contributed by atoms with E-state index in [1.807, 2.05) is 29.5 Å². The summed E-state index contributed by atoms with van der Waals surface area (Å²) in [7, 11) is -4.03. The SMILES string of the molecule is CC(=O)N(c1ccc(CN)cc1I)S(=O)(=O)c1c(C)cc(C)cc1C. The van der Waals surface area contributed by atoms with Gasteiger partial charge in [0.05, 0.1) is 10.6 Å². The summed E-state index contributed by atoms with van der Waals surface area (Å²) in [5, 5.41) is 0. The average molecular weight is 472 g/mol. The van der Waals surface area contributed by atoms with Gasteiger partial charge in [-0.15, -0.1) is 0 Å². The molecule has 7 heteroatoms. The highest BCUT2D eigenvalue weighted by atomic mass is 127. The molecule has 0 saturated carbocycles. The summed E-state index contributed by atoms with van der Waals surface area (Å²) in [6.45, 7) is 7.00. The van der Waals surface area contributed by atoms with Crippen LogP contribution < -0.4 is 10.0 Å². The number of nitrogens with zero attached hydrogens (tertiary/aromatic N) is 1. The number of benzene rings is 2. The van der Waals surface area contributed by atoms with E-state index >= 15 is 0 Å². The van der Waals surface area contributed by atoms with Gasteiger partial charge in [-0.05, 0) is 72.2 Å². The molecule has 1 amide bonds. The fourth-order valence-corrected chi connectivity index (χ4v) is 5.83. The van der Waals surface area contributed by atoms with Gasteiger partial charge in [0.25, 0.3) is 10.0 Å². The molecule has 0 atom stereocenters. The third kappa shape index (κ3) is 3.88. The largest absolute Gasteiger partial charge is 0.326 e. The smallest absolute Gasteiger partial charge is 0.271 e. The molecule has 0 aliphatic rings. The van der Waals surface area contributed by atoms with Gasteiger partial charge in [-0.1, -0.05) is 23.8 Å². The molecule has 2 rings (SSSR count). The summed E-state index contributed by atoms with van der Waals surface area (Å²) in [5.74, 6) is -0.558. The Morgan fingerprint density at radius 2 is 1.68 bits per heavy atom. The molecule has 0 aromatic heterocycles. The second-order valence-electron chi connectivity index (χ2n) is 6.01. The first-order chi connectivity index (χ1) is 11.6. The van der Waals surface area contributed by atoms with Crippen molar-refractivity contribution in [1.29, 1.82) is 0 Å². The van der Waals surface area contributed by atoms with Crippen molar-refractivity contribution in [3.05, 3.63) is 56.2 Å². The Balaban J connectivity index is 2.71. The normalized spacial score (nSPS) is 11.4. The average Bonchev–Trinajstić information content (AvgIpc) is 2.47. The number of anilines is 1. The Hall–Kier alpha value is -1.45. The Morgan fingerprint density at radius 1 is 1.12 bits per heavy atom. The minimum Gasteiger partial charge on any atom is -0.326 e. The Kier molecular flexibility index (Phi) is 5.90. The highest BCUT2D eigenvalue weighted by Crippen LogP contribution is 2.32. The molecule has 0 radical (unpaired) electrons. The van der Waals surface area contributed by atoms with Crippen molar-refractivity contribution in [3.8, 4) is 0 Å². The van der Waals surface area contributed by atoms with Crippen LogP contribution in [0.3, 0.4) is 0 Å². The van der Waals surface area contributed by atoms with Gasteiger partial charge in [-0.25, -0.2) is 12.7 Å². The summed E-state index contributed by atoms with van der Waals surface area (Å²) in [6.07, 6.45) is 0. The van der Waals surface area contributed by atoms with E-state index < -0.39 is 15.9 Å². The van der Waals surface area contributed by atoms with Crippen LogP contribution in [0.5, 0.6) is 0 Å². The summed E-state index contributed by atoms with van der Waals surface area (Å²) in [6, 6.07) is 8.76. The lowest BCUT2D eigenvalue weighted by molar-refractivity contribution is -0.115. The van der Waals surface area contributed by atoms with Crippen molar-refractivity contribution in [2.24, 2.45) is 5.73 Å². The second kappa shape index (κ2) is 7.43. The molecule has 25 heavy (non-hydrogen) atoms. The van der Waals surface area contributed by atoms with E-state index in [9.17, 15) is 13.2 Å². The molecule has 2 aromatic carbocycles. The molecule has 5 nitrogen and oxygen atoms in total. The van der Waals surface area contributed by atoms with E-state index in [1.165, 1.54) is 6.92 Å². The predicted octanol–water partition coefficient (Wildman–Crippen LogP) is 3.42. The van der Waals surface area contributed by atoms with Gasteiger partial charge in [-0.2, -0.15) is 0 Å². The molecule has 0 fully saturated rings. The zero-order valence-corrected chi connectivity index (χ0v) is 17.6. The summed E-state index contributed by atoms with van der Waals surface area (Å²) < 4.78 is 28.2. The van der Waals surface area contributed by atoms with E-state index in [0.717, 1.165) is 15.4 Å². The topological polar surface area (TPSA) is 80.5 Å². The lowest BCUT2D eigenvalue weighted by Crippen LogP contribution is -2.36. The van der Waals surface area contributed by atoms with Crippen LogP contribution in [0.25, 0.3) is 0 Å². The quantitative estimate of drug-likeness (QED) is 0.692. The molecular weight excluding hydrogens is 451 g/mol. The van der Waals surface area contributed by atoms with Gasteiger partial charge in [0, 0.05) is 17.0 Å². The van der Waals surface area contributed by atoms with Gasteiger partial charge in [-0.3, -0.25) is 4.79 Å². The maximum Gasteiger partial charge on any atom is 0.271 e. The highest BCUT2D eigenvalue weighted by molar-refractivity contribution is 14.1. The molecule has 134 valence electrons. The number of sulfonamides is 1. The highest BCUT2D eigenvalue weighted by Gasteiger charge is 2.32. The number of nitrogens with two attached hydrogens (primary N) is 1. The number of aryl methyl sites for hydroxylation is 3. The van der Waals surface area contributed by atoms with Crippen LogP contribution in [-0.2, 0) is 21.4 Å². The first-order valence-corrected chi connectivity index (χ1v) is 10.2. The minimum absolute atomic E-state index is 0.173. The molecule has 0 bridgehead atoms. The molecule has 0 heterocycles. The number of rotatable bonds is 4. The molecule has 0 spiro atoms. The summed E-state index contributed by atoms with van der Waals surface area (Å²) >= 11 is 2.03. The molecule has 2 N–H and O–H groups in total. The van der Waals surface area contributed by atoms with Crippen LogP contribution >= 0.6 is 22.6 Å². The van der Waals surface area contributed by atoms with E-state index in [-0.39, 0.29) is 4.90 Å². The first kappa shape index (κ1) is 19.9. The number of carbonyl (C=O) groups excluding carboxylic acids is 1. The van der Waals surface area contributed by atoms with Gasteiger partial charge >= 0.3 is 0 Å². The number of carbonyl (C=O) groups is 1. The van der Waals surface area contributed by atoms with Crippen LogP contribution in [-0.4, -0.2) is 14.3 Å². The van der Waals surface area contributed by atoms with Crippen LogP contribution in [0.2, 0.25) is 0 Å². The van der Waals surface area contributed by atoms with E-state index in [0.29, 0.717) is 26.9 Å². The standard InChI is InChI=1S/C18H21IN2O3S/c1-11-7-12(2)18(13(3)8-11)25(23,24)21(14(4)22)17-6-5-15(10-20)9-16(17)19/h5-9H,10,20H2,1-4H3. The van der Waals surface area contributed by atoms with Gasteiger partial charge < -0.3 is 5.73 Å². The van der Waals surface area contributed by atoms with E-state index in [4.69, 9.17) is 5.73 Å². The lowest BCUT2D eigenvalue weighted by Gasteiger charge is -2.24. The monoisotopic (exact) mass is 472 g/mol. The van der Waals surface area contributed by atoms with Crippen LogP contribution in [0.4, 0.5) is 5.69 Å². The molecule has 0 unspecified atom stereocenters. The minimum atomic E-state index is -4.03. The van der Waals surface area contributed by atoms with E-state index in [2.05, 4.69) is 0 Å². The van der Waals surface area contributed by atoms with Crippen molar-refractivity contribution in [2.75, 3.05) is 4.31 Å². The van der Waals surface area contributed by atoms with Gasteiger partial charge in [0.1, 0.15) is 0 Å². The number of hydrogen-bond acceptors (Lipinski definition) is 4. The van der Waals surface area contributed by atoms with Gasteiger partial charge in [0.2, 0.25) is 5.91 Å². The van der Waals surface area contributed by atoms with Crippen molar-refractivity contribution < 1.29 is 13.2 Å². The Labute approximate surface area is 162 Å². The van der Waals surface area contributed by atoms with Crippen molar-refractivity contribution in [1.82, 2.24) is 0 Å². The van der Waals surface area contributed by atoms with Gasteiger partial charge in [0.15, 0.2) is 0 Å². The fraction of sp³-hybridized carbons (Fsp3) is 0.278. The zero-order chi connectivity index (χ0) is 18.9. The van der Waals surface area contributed by atoms with Crippen LogP contribution in [0.15, 0.2) is 35.2 Å². The maximum atomic E-state index is 13.3. The Morgan fingerprint density at radius 3 is 2.12 bits per heavy atom. The molecule has 0 aliphatic carbocycles. The van der Waals surface area contributed by atoms with Crippen molar-refractivity contribution in [2.45, 2.75) is 39.1 Å². The fourth-order valence-electron chi connectivity index (χ4n) is 2.98. The molecular formula is C18H21IN2O3S. The Bertz CT molecular complexity index is 916. The third-order valence-electron chi connectivity index (χ3n) is 3.86. The molecule has 2 aromatic rings. The number of amides is 1. The molecule has 0 aliphatic heterocycles. The second-order valence-corrected chi connectivity index (χ2v) is 8.89. The summed E-state index contributed by atoms with van der Waals surface area (Å²) in [4.78, 5) is 12.5. The maximum absolute atomic E-state index is 13.3. The lowest BCUT2D eigenvalue weighted by atomic mass is 10.1. The number of halogens is 1. The summed E-state index contributed by atoms with van der Waals surface area (Å²) in [5.41, 5.74) is 9.07. The van der Waals surface area contributed by atoms with Crippen LogP contribution in [0, 0.1) is 24.3 Å². The number of hydrogen-bond donors (Lipinski definition) is 1. The van der Waals surface area contributed by atoms with E-state index in [1.54, 1.807) is 44.2 Å². The third-order valence-corrected chi connectivity index (χ3v) is 6.81. The first-order valence-electron chi connectivity index (χ1n) is 7.71. The van der Waals surface area contributed by atoms with Crippen LogP contribution in [0.1, 0.15) is 29.2 Å². The predicted molar refractivity (Wildman–Crippen MR) is 108 cm³/mol.